The summed E-state index contributed by atoms with van der Waals surface area (Å²) >= 11 is 6.02. The van der Waals surface area contributed by atoms with Crippen molar-refractivity contribution >= 4 is 23.3 Å². The fourth-order valence-corrected chi connectivity index (χ4v) is 3.31. The zero-order chi connectivity index (χ0) is 18.3. The van der Waals surface area contributed by atoms with Gasteiger partial charge in [0, 0.05) is 16.1 Å². The van der Waals surface area contributed by atoms with Gasteiger partial charge in [-0.2, -0.15) is 0 Å². The van der Waals surface area contributed by atoms with Crippen LogP contribution in [0.5, 0.6) is 0 Å². The van der Waals surface area contributed by atoms with Crippen LogP contribution in [-0.4, -0.2) is 31.6 Å². The lowest BCUT2D eigenvalue weighted by atomic mass is 10.0. The number of carboxylic acid groups (broad SMARTS) is 1. The van der Waals surface area contributed by atoms with Crippen molar-refractivity contribution in [2.45, 2.75) is 19.4 Å². The van der Waals surface area contributed by atoms with Gasteiger partial charge in [0.05, 0.1) is 17.8 Å². The molecule has 0 saturated heterocycles. The summed E-state index contributed by atoms with van der Waals surface area (Å²) in [7, 11) is 0. The number of aromatic nitrogens is 3. The highest BCUT2D eigenvalue weighted by Gasteiger charge is 2.29. The number of carboxylic acids is 1. The van der Waals surface area contributed by atoms with E-state index in [4.69, 9.17) is 16.6 Å². The third kappa shape index (κ3) is 2.78. The summed E-state index contributed by atoms with van der Waals surface area (Å²) in [6.45, 7) is 1.85. The standard InChI is InChI=1S/C19H15ClN4O2/c1-11-22-23-19-15(10-17(25)26)21-18(12-6-8-13(20)9-7-12)14-4-2-3-5-16(14)24(11)19/h2-9,15H,10H2,1H3,(H,25,26). The average molecular weight is 367 g/mol. The number of carbonyl (C=O) groups is 1. The van der Waals surface area contributed by atoms with Gasteiger partial charge in [0.1, 0.15) is 11.9 Å². The van der Waals surface area contributed by atoms with E-state index >= 15 is 0 Å². The monoisotopic (exact) mass is 366 g/mol. The zero-order valence-electron chi connectivity index (χ0n) is 13.9. The first kappa shape index (κ1) is 16.5. The number of hydrogen-bond donors (Lipinski definition) is 1. The van der Waals surface area contributed by atoms with E-state index in [0.29, 0.717) is 22.4 Å². The van der Waals surface area contributed by atoms with Crippen molar-refractivity contribution in [3.8, 4) is 5.69 Å². The second kappa shape index (κ2) is 6.38. The van der Waals surface area contributed by atoms with Crippen LogP contribution in [0.15, 0.2) is 53.5 Å². The van der Waals surface area contributed by atoms with E-state index in [2.05, 4.69) is 10.2 Å². The Morgan fingerprint density at radius 2 is 1.88 bits per heavy atom. The van der Waals surface area contributed by atoms with Gasteiger partial charge in [-0.05, 0) is 25.1 Å². The molecule has 7 heteroatoms. The van der Waals surface area contributed by atoms with Crippen molar-refractivity contribution in [2.24, 2.45) is 4.99 Å². The van der Waals surface area contributed by atoms with E-state index < -0.39 is 12.0 Å². The van der Waals surface area contributed by atoms with Crippen LogP contribution in [0, 0.1) is 6.92 Å². The smallest absolute Gasteiger partial charge is 0.306 e. The summed E-state index contributed by atoms with van der Waals surface area (Å²) in [5.41, 5.74) is 3.36. The SMILES string of the molecule is Cc1nnc2n1-c1ccccc1C(c1ccc(Cl)cc1)=NC2CC(=O)O. The number of benzene rings is 2. The summed E-state index contributed by atoms with van der Waals surface area (Å²) in [5.74, 6) is 0.282. The van der Waals surface area contributed by atoms with Gasteiger partial charge in [0.15, 0.2) is 5.82 Å². The number of hydrogen-bond acceptors (Lipinski definition) is 4. The second-order valence-corrected chi connectivity index (χ2v) is 6.49. The number of fused-ring (bicyclic) bond motifs is 3. The van der Waals surface area contributed by atoms with Gasteiger partial charge in [0.2, 0.25) is 0 Å². The molecule has 26 heavy (non-hydrogen) atoms. The van der Waals surface area contributed by atoms with Crippen LogP contribution in [0.1, 0.15) is 35.2 Å². The lowest BCUT2D eigenvalue weighted by Crippen LogP contribution is -2.10. The number of aliphatic imine (C=N–C) groups is 1. The predicted octanol–water partition coefficient (Wildman–Crippen LogP) is 3.60. The quantitative estimate of drug-likeness (QED) is 0.768. The molecule has 1 aromatic heterocycles. The van der Waals surface area contributed by atoms with E-state index in [-0.39, 0.29) is 6.42 Å². The molecule has 0 radical (unpaired) electrons. The normalized spacial score (nSPS) is 15.6. The Morgan fingerprint density at radius 3 is 2.62 bits per heavy atom. The van der Waals surface area contributed by atoms with Crippen LogP contribution in [-0.2, 0) is 4.79 Å². The van der Waals surface area contributed by atoms with Gasteiger partial charge in [-0.3, -0.25) is 14.4 Å². The molecule has 0 amide bonds. The van der Waals surface area contributed by atoms with E-state index in [9.17, 15) is 9.90 Å². The first-order chi connectivity index (χ1) is 12.5. The third-order valence-electron chi connectivity index (χ3n) is 4.32. The molecule has 6 nitrogen and oxygen atoms in total. The molecule has 0 aliphatic carbocycles. The molecular formula is C19H15ClN4O2. The molecule has 2 aromatic carbocycles. The highest BCUT2D eigenvalue weighted by molar-refractivity contribution is 6.30. The van der Waals surface area contributed by atoms with Crippen LogP contribution in [0.4, 0.5) is 0 Å². The molecule has 0 bridgehead atoms. The highest BCUT2D eigenvalue weighted by Crippen LogP contribution is 2.32. The van der Waals surface area contributed by atoms with Gasteiger partial charge in [-0.15, -0.1) is 10.2 Å². The Hall–Kier alpha value is -2.99. The summed E-state index contributed by atoms with van der Waals surface area (Å²) in [5, 5.41) is 18.3. The average Bonchev–Trinajstić information content (AvgIpc) is 2.94. The van der Waals surface area contributed by atoms with Crippen molar-refractivity contribution in [3.63, 3.8) is 0 Å². The maximum Gasteiger partial charge on any atom is 0.306 e. The van der Waals surface area contributed by atoms with Gasteiger partial charge in [-0.25, -0.2) is 0 Å². The zero-order valence-corrected chi connectivity index (χ0v) is 14.7. The first-order valence-electron chi connectivity index (χ1n) is 8.12. The number of rotatable bonds is 3. The van der Waals surface area contributed by atoms with E-state index in [0.717, 1.165) is 16.8 Å². The second-order valence-electron chi connectivity index (χ2n) is 6.06. The fraction of sp³-hybridized carbons (Fsp3) is 0.158. The molecule has 3 aromatic rings. The molecule has 1 N–H and O–H groups in total. The molecule has 0 spiro atoms. The Labute approximate surface area is 154 Å². The lowest BCUT2D eigenvalue weighted by Gasteiger charge is -2.12. The number of para-hydroxylation sites is 1. The summed E-state index contributed by atoms with van der Waals surface area (Å²) < 4.78 is 1.88. The van der Waals surface area contributed by atoms with Gasteiger partial charge < -0.3 is 5.11 Å². The number of halogens is 1. The molecule has 1 aliphatic heterocycles. The maximum atomic E-state index is 11.4. The molecule has 1 aliphatic rings. The maximum absolute atomic E-state index is 11.4. The molecular weight excluding hydrogens is 352 g/mol. The van der Waals surface area contributed by atoms with Crippen molar-refractivity contribution in [3.05, 3.63) is 76.3 Å². The minimum absolute atomic E-state index is 0.163. The molecule has 0 saturated carbocycles. The van der Waals surface area contributed by atoms with Crippen LogP contribution in [0.3, 0.4) is 0 Å². The number of aliphatic carboxylic acids is 1. The number of aryl methyl sites for hydroxylation is 1. The van der Waals surface area contributed by atoms with E-state index in [1.165, 1.54) is 0 Å². The van der Waals surface area contributed by atoms with Crippen LogP contribution < -0.4 is 0 Å². The highest BCUT2D eigenvalue weighted by atomic mass is 35.5. The Bertz CT molecular complexity index is 1020. The van der Waals surface area contributed by atoms with Crippen molar-refractivity contribution in [1.29, 1.82) is 0 Å². The molecule has 1 atom stereocenters. The molecule has 130 valence electrons. The van der Waals surface area contributed by atoms with Gasteiger partial charge >= 0.3 is 5.97 Å². The van der Waals surface area contributed by atoms with E-state index in [1.54, 1.807) is 12.1 Å². The van der Waals surface area contributed by atoms with Crippen LogP contribution in [0.2, 0.25) is 5.02 Å². The number of nitrogens with zero attached hydrogens (tertiary/aromatic N) is 4. The Kier molecular flexibility index (Phi) is 4.05. The van der Waals surface area contributed by atoms with Crippen molar-refractivity contribution < 1.29 is 9.90 Å². The summed E-state index contributed by atoms with van der Waals surface area (Å²) in [6.07, 6.45) is -0.163. The van der Waals surface area contributed by atoms with Crippen LogP contribution in [0.25, 0.3) is 5.69 Å². The topological polar surface area (TPSA) is 80.4 Å². The largest absolute Gasteiger partial charge is 0.481 e. The Balaban J connectivity index is 1.99. The molecule has 0 fully saturated rings. The molecule has 2 heterocycles. The molecule has 4 rings (SSSR count). The first-order valence-corrected chi connectivity index (χ1v) is 8.49. The van der Waals surface area contributed by atoms with Crippen molar-refractivity contribution in [2.75, 3.05) is 0 Å². The molecule has 1 unspecified atom stereocenters. The fourth-order valence-electron chi connectivity index (χ4n) is 3.18. The predicted molar refractivity (Wildman–Crippen MR) is 98.2 cm³/mol. The lowest BCUT2D eigenvalue weighted by molar-refractivity contribution is -0.137. The minimum atomic E-state index is -0.938. The van der Waals surface area contributed by atoms with Crippen molar-refractivity contribution in [1.82, 2.24) is 14.8 Å². The summed E-state index contributed by atoms with van der Waals surface area (Å²) in [6, 6.07) is 14.5. The van der Waals surface area contributed by atoms with E-state index in [1.807, 2.05) is 47.9 Å². The van der Waals surface area contributed by atoms with Gasteiger partial charge in [-0.1, -0.05) is 41.9 Å². The summed E-state index contributed by atoms with van der Waals surface area (Å²) in [4.78, 5) is 16.2. The van der Waals surface area contributed by atoms with Gasteiger partial charge in [0.25, 0.3) is 0 Å². The van der Waals surface area contributed by atoms with Crippen LogP contribution >= 0.6 is 11.6 Å². The minimum Gasteiger partial charge on any atom is -0.481 e. The Morgan fingerprint density at radius 1 is 1.15 bits per heavy atom. The third-order valence-corrected chi connectivity index (χ3v) is 4.57.